The maximum absolute atomic E-state index is 11.5. The van der Waals surface area contributed by atoms with Gasteiger partial charge in [0.15, 0.2) is 12.6 Å². The molecule has 0 saturated carbocycles. The van der Waals surface area contributed by atoms with E-state index in [0.29, 0.717) is 25.4 Å². The first-order valence-corrected chi connectivity index (χ1v) is 9.09. The lowest BCUT2D eigenvalue weighted by Gasteiger charge is -2.13. The number of ether oxygens (including phenoxy) is 1. The van der Waals surface area contributed by atoms with Crippen LogP contribution in [0.25, 0.3) is 0 Å². The van der Waals surface area contributed by atoms with E-state index in [-0.39, 0.29) is 36.5 Å². The fourth-order valence-corrected chi connectivity index (χ4v) is 2.56. The minimum atomic E-state index is -0.123. The summed E-state index contributed by atoms with van der Waals surface area (Å²) in [7, 11) is 1.75. The molecule has 1 amide bonds. The molecule has 2 rings (SSSR count). The van der Waals surface area contributed by atoms with Crippen LogP contribution < -0.4 is 20.7 Å². The molecule has 0 aromatic heterocycles. The van der Waals surface area contributed by atoms with Gasteiger partial charge in [-0.1, -0.05) is 42.0 Å². The molecule has 0 heterocycles. The molecule has 3 N–H and O–H groups in total. The summed E-state index contributed by atoms with van der Waals surface area (Å²) in [5.41, 5.74) is 3.49. The summed E-state index contributed by atoms with van der Waals surface area (Å²) < 4.78 is 5.52. The predicted octanol–water partition coefficient (Wildman–Crippen LogP) is 2.99. The van der Waals surface area contributed by atoms with E-state index >= 15 is 0 Å². The highest BCUT2D eigenvalue weighted by molar-refractivity contribution is 14.0. The molecule has 0 aliphatic carbocycles. The number of nitrogens with one attached hydrogen (secondary N) is 3. The molecule has 6 nitrogen and oxygen atoms in total. The molecule has 7 heteroatoms. The van der Waals surface area contributed by atoms with Gasteiger partial charge >= 0.3 is 0 Å². The minimum Gasteiger partial charge on any atom is -0.484 e. The smallest absolute Gasteiger partial charge is 0.257 e. The number of likely N-dealkylation sites (N-methyl/N-ethyl adjacent to an activating group) is 1. The van der Waals surface area contributed by atoms with Crippen molar-refractivity contribution < 1.29 is 9.53 Å². The van der Waals surface area contributed by atoms with E-state index in [1.54, 1.807) is 7.05 Å². The molecule has 0 saturated heterocycles. The van der Waals surface area contributed by atoms with Crippen molar-refractivity contribution in [3.63, 3.8) is 0 Å². The molecule has 0 bridgehead atoms. The van der Waals surface area contributed by atoms with Crippen molar-refractivity contribution in [1.29, 1.82) is 0 Å². The van der Waals surface area contributed by atoms with Crippen LogP contribution in [0, 0.1) is 6.92 Å². The number of guanidine groups is 1. The Labute approximate surface area is 184 Å². The summed E-state index contributed by atoms with van der Waals surface area (Å²) in [4.78, 5) is 15.7. The molecular weight excluding hydrogens is 467 g/mol. The SMILES string of the molecule is CCNC(=O)COc1cccc(CNC(=NC)NCc2cccc(C)c2)c1.I. The lowest BCUT2D eigenvalue weighted by atomic mass is 10.1. The Morgan fingerprint density at radius 3 is 2.25 bits per heavy atom. The maximum atomic E-state index is 11.5. The van der Waals surface area contributed by atoms with Crippen molar-refractivity contribution >= 4 is 35.8 Å². The van der Waals surface area contributed by atoms with E-state index in [9.17, 15) is 4.79 Å². The molecule has 0 fully saturated rings. The fraction of sp³-hybridized carbons (Fsp3) is 0.333. The van der Waals surface area contributed by atoms with E-state index in [0.717, 1.165) is 11.5 Å². The molecule has 0 unspecified atom stereocenters. The molecule has 0 aliphatic heterocycles. The van der Waals surface area contributed by atoms with Crippen LogP contribution in [0.2, 0.25) is 0 Å². The molecule has 28 heavy (non-hydrogen) atoms. The van der Waals surface area contributed by atoms with Crippen LogP contribution in [0.5, 0.6) is 5.75 Å². The van der Waals surface area contributed by atoms with Gasteiger partial charge in [0.25, 0.3) is 5.91 Å². The number of rotatable bonds is 8. The molecule has 0 spiro atoms. The number of nitrogens with zero attached hydrogens (tertiary/aromatic N) is 1. The lowest BCUT2D eigenvalue weighted by Crippen LogP contribution is -2.36. The summed E-state index contributed by atoms with van der Waals surface area (Å²) in [6.45, 7) is 5.88. The first-order chi connectivity index (χ1) is 13.1. The van der Waals surface area contributed by atoms with E-state index < -0.39 is 0 Å². The molecule has 0 aliphatic rings. The number of hydrogen-bond donors (Lipinski definition) is 3. The average molecular weight is 496 g/mol. The molecular formula is C21H29IN4O2. The summed E-state index contributed by atoms with van der Waals surface area (Å²) in [5.74, 6) is 1.27. The number of aryl methyl sites for hydroxylation is 1. The highest BCUT2D eigenvalue weighted by atomic mass is 127. The van der Waals surface area contributed by atoms with Gasteiger partial charge in [-0.15, -0.1) is 24.0 Å². The highest BCUT2D eigenvalue weighted by Crippen LogP contribution is 2.13. The van der Waals surface area contributed by atoms with Crippen molar-refractivity contribution in [2.75, 3.05) is 20.2 Å². The molecule has 152 valence electrons. The minimum absolute atomic E-state index is 0. The number of carbonyl (C=O) groups is 1. The topological polar surface area (TPSA) is 74.8 Å². The van der Waals surface area contributed by atoms with Crippen molar-refractivity contribution in [2.24, 2.45) is 4.99 Å². The van der Waals surface area contributed by atoms with Crippen molar-refractivity contribution in [1.82, 2.24) is 16.0 Å². The van der Waals surface area contributed by atoms with Crippen LogP contribution in [0.4, 0.5) is 0 Å². The van der Waals surface area contributed by atoms with Gasteiger partial charge in [-0.25, -0.2) is 0 Å². The second-order valence-electron chi connectivity index (χ2n) is 6.16. The van der Waals surface area contributed by atoms with Gasteiger partial charge in [0, 0.05) is 26.7 Å². The van der Waals surface area contributed by atoms with Gasteiger partial charge in [0.1, 0.15) is 5.75 Å². The number of aliphatic imine (C=N–C) groups is 1. The summed E-state index contributed by atoms with van der Waals surface area (Å²) in [5, 5.41) is 9.30. The van der Waals surface area contributed by atoms with Crippen LogP contribution in [0.1, 0.15) is 23.6 Å². The molecule has 2 aromatic carbocycles. The lowest BCUT2D eigenvalue weighted by molar-refractivity contribution is -0.122. The van der Waals surface area contributed by atoms with E-state index in [1.165, 1.54) is 11.1 Å². The molecule has 2 aromatic rings. The first-order valence-electron chi connectivity index (χ1n) is 9.09. The number of halogens is 1. The zero-order valence-electron chi connectivity index (χ0n) is 16.6. The number of amides is 1. The Bertz CT molecular complexity index is 781. The van der Waals surface area contributed by atoms with Gasteiger partial charge < -0.3 is 20.7 Å². The zero-order valence-corrected chi connectivity index (χ0v) is 18.9. The Morgan fingerprint density at radius 2 is 1.64 bits per heavy atom. The predicted molar refractivity (Wildman–Crippen MR) is 124 cm³/mol. The van der Waals surface area contributed by atoms with Crippen molar-refractivity contribution in [3.8, 4) is 5.75 Å². The maximum Gasteiger partial charge on any atom is 0.257 e. The quantitative estimate of drug-likeness (QED) is 0.299. The number of carbonyl (C=O) groups excluding carboxylic acids is 1. The monoisotopic (exact) mass is 496 g/mol. The molecule has 0 atom stereocenters. The van der Waals surface area contributed by atoms with E-state index in [1.807, 2.05) is 31.2 Å². The van der Waals surface area contributed by atoms with Crippen molar-refractivity contribution in [3.05, 3.63) is 65.2 Å². The van der Waals surface area contributed by atoms with Gasteiger partial charge in [-0.3, -0.25) is 9.79 Å². The highest BCUT2D eigenvalue weighted by Gasteiger charge is 2.03. The third kappa shape index (κ3) is 8.60. The normalized spacial score (nSPS) is 10.6. The van der Waals surface area contributed by atoms with Crippen molar-refractivity contribution in [2.45, 2.75) is 26.9 Å². The van der Waals surface area contributed by atoms with Crippen LogP contribution in [-0.2, 0) is 17.9 Å². The average Bonchev–Trinajstić information content (AvgIpc) is 2.67. The summed E-state index contributed by atoms with van der Waals surface area (Å²) in [6, 6.07) is 16.0. The molecule has 0 radical (unpaired) electrons. The van der Waals surface area contributed by atoms with E-state index in [4.69, 9.17) is 4.74 Å². The van der Waals surface area contributed by atoms with Gasteiger partial charge in [0.05, 0.1) is 0 Å². The number of benzene rings is 2. The second-order valence-corrected chi connectivity index (χ2v) is 6.16. The van der Waals surface area contributed by atoms with Crippen LogP contribution in [0.15, 0.2) is 53.5 Å². The summed E-state index contributed by atoms with van der Waals surface area (Å²) in [6.07, 6.45) is 0. The Hall–Kier alpha value is -2.29. The second kappa shape index (κ2) is 13.0. The first kappa shape index (κ1) is 23.7. The number of hydrogen-bond acceptors (Lipinski definition) is 3. The van der Waals surface area contributed by atoms with Gasteiger partial charge in [0.2, 0.25) is 0 Å². The van der Waals surface area contributed by atoms with Crippen LogP contribution in [-0.4, -0.2) is 32.1 Å². The third-order valence-corrected chi connectivity index (χ3v) is 3.87. The summed E-state index contributed by atoms with van der Waals surface area (Å²) >= 11 is 0. The van der Waals surface area contributed by atoms with Gasteiger partial charge in [-0.2, -0.15) is 0 Å². The third-order valence-electron chi connectivity index (χ3n) is 3.87. The van der Waals surface area contributed by atoms with E-state index in [2.05, 4.69) is 52.1 Å². The Morgan fingerprint density at radius 1 is 1.00 bits per heavy atom. The Kier molecular flexibility index (Phi) is 11.0. The zero-order chi connectivity index (χ0) is 19.5. The van der Waals surface area contributed by atoms with Gasteiger partial charge in [-0.05, 0) is 37.1 Å². The standard InChI is InChI=1S/C21H28N4O2.HI/c1-4-23-20(26)15-27-19-10-6-9-18(12-19)14-25-21(22-3)24-13-17-8-5-7-16(2)11-17;/h5-12H,4,13-15H2,1-3H3,(H,23,26)(H2,22,24,25);1H. The largest absolute Gasteiger partial charge is 0.484 e. The van der Waals surface area contributed by atoms with Crippen LogP contribution in [0.3, 0.4) is 0 Å². The van der Waals surface area contributed by atoms with Crippen LogP contribution >= 0.6 is 24.0 Å². The fourth-order valence-electron chi connectivity index (χ4n) is 2.56. The Balaban J connectivity index is 0.00000392.